The molecule has 0 atom stereocenters. The number of anilines is 1. The number of halogens is 1. The second-order valence-electron chi connectivity index (χ2n) is 6.91. The second kappa shape index (κ2) is 9.34. The molecule has 31 heavy (non-hydrogen) atoms. The van der Waals surface area contributed by atoms with E-state index < -0.39 is 12.6 Å². The lowest BCUT2D eigenvalue weighted by Crippen LogP contribution is -2.16. The molecule has 0 saturated carbocycles. The lowest BCUT2D eigenvalue weighted by molar-refractivity contribution is -0.115. The first-order chi connectivity index (χ1) is 14.8. The Bertz CT molecular complexity index is 1120. The number of nitrogens with zero attached hydrogens (tertiary/aromatic N) is 2. The van der Waals surface area contributed by atoms with Crippen LogP contribution in [0.15, 0.2) is 48.5 Å². The minimum atomic E-state index is -0.663. The van der Waals surface area contributed by atoms with Crippen LogP contribution >= 0.6 is 0 Å². The van der Waals surface area contributed by atoms with Crippen molar-refractivity contribution in [3.63, 3.8) is 0 Å². The van der Waals surface area contributed by atoms with Crippen LogP contribution in [0, 0.1) is 19.7 Å². The highest BCUT2D eigenvalue weighted by Gasteiger charge is 2.22. The third kappa shape index (κ3) is 5.03. The van der Waals surface area contributed by atoms with Crippen LogP contribution in [0.4, 0.5) is 10.1 Å². The maximum atomic E-state index is 13.2. The van der Waals surface area contributed by atoms with Gasteiger partial charge in [-0.3, -0.25) is 9.59 Å². The Hall–Kier alpha value is -3.81. The number of rotatable bonds is 7. The Morgan fingerprint density at radius 1 is 1.03 bits per heavy atom. The number of hydrogen-bond acceptors (Lipinski definition) is 5. The van der Waals surface area contributed by atoms with Crippen LogP contribution in [0.3, 0.4) is 0 Å². The van der Waals surface area contributed by atoms with E-state index in [1.54, 1.807) is 57.2 Å². The van der Waals surface area contributed by atoms with Gasteiger partial charge in [0.2, 0.25) is 5.91 Å². The van der Waals surface area contributed by atoms with Gasteiger partial charge in [-0.1, -0.05) is 6.92 Å². The predicted octanol–water partition coefficient (Wildman–Crippen LogP) is 4.02. The molecule has 0 saturated heterocycles. The van der Waals surface area contributed by atoms with Gasteiger partial charge in [-0.05, 0) is 62.4 Å². The summed E-state index contributed by atoms with van der Waals surface area (Å²) in [6, 6.07) is 12.1. The van der Waals surface area contributed by atoms with Gasteiger partial charge in [0.1, 0.15) is 11.4 Å². The highest BCUT2D eigenvalue weighted by atomic mass is 19.1. The number of carbonyl (C=O) groups excluding carboxylic acids is 3. The van der Waals surface area contributed by atoms with Crippen LogP contribution in [-0.2, 0) is 9.53 Å². The fourth-order valence-corrected chi connectivity index (χ4v) is 3.05. The van der Waals surface area contributed by atoms with Gasteiger partial charge in [-0.15, -0.1) is 0 Å². The molecule has 160 valence electrons. The monoisotopic (exact) mass is 423 g/mol. The SMILES string of the molecule is CCC(=O)Nc1ccc(C(=O)COC(=O)c2c(C)nn(-c3ccc(F)cc3)c2C)cc1. The zero-order valence-corrected chi connectivity index (χ0v) is 17.4. The molecule has 1 N–H and O–H groups in total. The number of carbonyl (C=O) groups is 3. The topological polar surface area (TPSA) is 90.3 Å². The van der Waals surface area contributed by atoms with E-state index in [9.17, 15) is 18.8 Å². The zero-order valence-electron chi connectivity index (χ0n) is 17.4. The lowest BCUT2D eigenvalue weighted by atomic mass is 10.1. The molecule has 8 heteroatoms. The van der Waals surface area contributed by atoms with Crippen molar-refractivity contribution >= 4 is 23.3 Å². The van der Waals surface area contributed by atoms with Crippen LogP contribution in [0.25, 0.3) is 5.69 Å². The Morgan fingerprint density at radius 2 is 1.68 bits per heavy atom. The van der Waals surface area contributed by atoms with E-state index in [2.05, 4.69) is 10.4 Å². The number of hydrogen-bond donors (Lipinski definition) is 1. The van der Waals surface area contributed by atoms with Crippen molar-refractivity contribution in [2.75, 3.05) is 11.9 Å². The molecular formula is C23H22FN3O4. The largest absolute Gasteiger partial charge is 0.454 e. The molecule has 7 nitrogen and oxygen atoms in total. The molecule has 1 aromatic heterocycles. The second-order valence-corrected chi connectivity index (χ2v) is 6.91. The maximum absolute atomic E-state index is 13.2. The summed E-state index contributed by atoms with van der Waals surface area (Å²) in [7, 11) is 0. The van der Waals surface area contributed by atoms with E-state index in [0.29, 0.717) is 34.7 Å². The Morgan fingerprint density at radius 3 is 2.29 bits per heavy atom. The summed E-state index contributed by atoms with van der Waals surface area (Å²) in [5, 5.41) is 7.03. The molecule has 0 spiro atoms. The van der Waals surface area contributed by atoms with Gasteiger partial charge in [0, 0.05) is 17.7 Å². The first-order valence-corrected chi connectivity index (χ1v) is 9.72. The molecule has 2 aromatic carbocycles. The Labute approximate surface area is 178 Å². The number of nitrogens with one attached hydrogen (secondary N) is 1. The van der Waals surface area contributed by atoms with Crippen LogP contribution < -0.4 is 5.32 Å². The lowest BCUT2D eigenvalue weighted by Gasteiger charge is -2.07. The smallest absolute Gasteiger partial charge is 0.342 e. The molecule has 1 amide bonds. The first kappa shape index (κ1) is 21.9. The molecule has 0 radical (unpaired) electrons. The van der Waals surface area contributed by atoms with E-state index in [1.165, 1.54) is 16.8 Å². The Balaban J connectivity index is 1.67. The summed E-state index contributed by atoms with van der Waals surface area (Å²) in [6.45, 7) is 4.67. The van der Waals surface area contributed by atoms with E-state index in [4.69, 9.17) is 4.74 Å². The number of esters is 1. The van der Waals surface area contributed by atoms with Gasteiger partial charge >= 0.3 is 5.97 Å². The number of amides is 1. The summed E-state index contributed by atoms with van der Waals surface area (Å²) < 4.78 is 19.9. The normalized spacial score (nSPS) is 10.6. The highest BCUT2D eigenvalue weighted by Crippen LogP contribution is 2.19. The molecule has 0 aliphatic rings. The molecule has 0 fully saturated rings. The predicted molar refractivity (Wildman–Crippen MR) is 113 cm³/mol. The van der Waals surface area contributed by atoms with Crippen molar-refractivity contribution in [3.8, 4) is 5.69 Å². The van der Waals surface area contributed by atoms with Gasteiger partial charge in [0.15, 0.2) is 12.4 Å². The van der Waals surface area contributed by atoms with Crippen LogP contribution in [0.1, 0.15) is 45.4 Å². The first-order valence-electron chi connectivity index (χ1n) is 9.72. The van der Waals surface area contributed by atoms with Crippen LogP contribution in [-0.4, -0.2) is 34.0 Å². The number of aromatic nitrogens is 2. The minimum Gasteiger partial charge on any atom is -0.454 e. The van der Waals surface area contributed by atoms with Crippen molar-refractivity contribution in [2.24, 2.45) is 0 Å². The zero-order chi connectivity index (χ0) is 22.5. The summed E-state index contributed by atoms with van der Waals surface area (Å²) in [5.74, 6) is -1.53. The molecule has 3 rings (SSSR count). The molecule has 0 aliphatic carbocycles. The third-order valence-corrected chi connectivity index (χ3v) is 4.71. The number of Topliss-reactive ketones (excluding diaryl/α,β-unsaturated/α-hetero) is 1. The van der Waals surface area contributed by atoms with Crippen molar-refractivity contribution in [2.45, 2.75) is 27.2 Å². The molecule has 0 aliphatic heterocycles. The summed E-state index contributed by atoms with van der Waals surface area (Å²) in [5.41, 5.74) is 2.77. The number of aryl methyl sites for hydroxylation is 1. The van der Waals surface area contributed by atoms with Gasteiger partial charge in [0.25, 0.3) is 0 Å². The minimum absolute atomic E-state index is 0.125. The summed E-state index contributed by atoms with van der Waals surface area (Å²) in [6.07, 6.45) is 0.354. The number of benzene rings is 2. The van der Waals surface area contributed by atoms with E-state index in [1.807, 2.05) is 0 Å². The van der Waals surface area contributed by atoms with Crippen molar-refractivity contribution in [1.82, 2.24) is 9.78 Å². The third-order valence-electron chi connectivity index (χ3n) is 4.71. The molecule has 0 bridgehead atoms. The van der Waals surface area contributed by atoms with E-state index in [0.717, 1.165) is 0 Å². The quantitative estimate of drug-likeness (QED) is 0.458. The Kier molecular flexibility index (Phi) is 6.59. The van der Waals surface area contributed by atoms with E-state index in [-0.39, 0.29) is 23.1 Å². The highest BCUT2D eigenvalue weighted by molar-refractivity contribution is 6.00. The van der Waals surface area contributed by atoms with Gasteiger partial charge in [0.05, 0.1) is 17.1 Å². The summed E-state index contributed by atoms with van der Waals surface area (Å²) in [4.78, 5) is 36.4. The average Bonchev–Trinajstić information content (AvgIpc) is 3.06. The van der Waals surface area contributed by atoms with Crippen molar-refractivity contribution < 1.29 is 23.5 Å². The maximum Gasteiger partial charge on any atom is 0.342 e. The fourth-order valence-electron chi connectivity index (χ4n) is 3.05. The molecule has 1 heterocycles. The van der Waals surface area contributed by atoms with Crippen LogP contribution in [0.2, 0.25) is 0 Å². The van der Waals surface area contributed by atoms with Gasteiger partial charge in [-0.2, -0.15) is 5.10 Å². The molecule has 0 unspecified atom stereocenters. The van der Waals surface area contributed by atoms with Gasteiger partial charge in [-0.25, -0.2) is 13.9 Å². The van der Waals surface area contributed by atoms with Gasteiger partial charge < -0.3 is 10.1 Å². The average molecular weight is 423 g/mol. The van der Waals surface area contributed by atoms with Crippen LogP contribution in [0.5, 0.6) is 0 Å². The fraction of sp³-hybridized carbons (Fsp3) is 0.217. The van der Waals surface area contributed by atoms with Crippen molar-refractivity contribution in [1.29, 1.82) is 0 Å². The number of ether oxygens (including phenoxy) is 1. The standard InChI is InChI=1S/C23H22FN3O4/c1-4-21(29)25-18-9-5-16(6-10-18)20(28)13-31-23(30)22-14(2)26-27(15(22)3)19-11-7-17(24)8-12-19/h5-12H,4,13H2,1-3H3,(H,25,29). The van der Waals surface area contributed by atoms with Crippen molar-refractivity contribution in [3.05, 3.63) is 76.9 Å². The van der Waals surface area contributed by atoms with E-state index >= 15 is 0 Å². The number of ketones is 1. The summed E-state index contributed by atoms with van der Waals surface area (Å²) >= 11 is 0. The molecule has 3 aromatic rings. The molecular weight excluding hydrogens is 401 g/mol.